The summed E-state index contributed by atoms with van der Waals surface area (Å²) in [5, 5.41) is 23.7. The predicted molar refractivity (Wildman–Crippen MR) is 107 cm³/mol. The summed E-state index contributed by atoms with van der Waals surface area (Å²) in [6.45, 7) is 0.0308. The van der Waals surface area contributed by atoms with Crippen molar-refractivity contribution in [2.75, 3.05) is 30.5 Å². The molecule has 1 unspecified atom stereocenters. The number of nitrogens with two attached hydrogens (primary N) is 2. The molecule has 0 saturated carbocycles. The van der Waals surface area contributed by atoms with Crippen LogP contribution in [0.4, 0.5) is 17.3 Å². The van der Waals surface area contributed by atoms with Gasteiger partial charge in [-0.2, -0.15) is 10.5 Å². The van der Waals surface area contributed by atoms with E-state index in [9.17, 15) is 5.26 Å². The third-order valence-electron chi connectivity index (χ3n) is 4.18. The number of hydrogen-bond donors (Lipinski definition) is 4. The molecule has 3 rings (SSSR count). The molecule has 29 heavy (non-hydrogen) atoms. The number of aliphatic imine (C=N–C) groups is 1. The van der Waals surface area contributed by atoms with Gasteiger partial charge >= 0.3 is 0 Å². The number of nitrogens with one attached hydrogen (secondary N) is 2. The number of nitriles is 2. The number of terminal acetylenes is 1. The number of aromatic nitrogens is 1. The van der Waals surface area contributed by atoms with Crippen molar-refractivity contribution >= 4 is 23.3 Å². The van der Waals surface area contributed by atoms with Crippen LogP contribution in [0.5, 0.6) is 11.5 Å². The van der Waals surface area contributed by atoms with Crippen molar-refractivity contribution in [2.45, 2.75) is 6.04 Å². The Labute approximate surface area is 166 Å². The fourth-order valence-corrected chi connectivity index (χ4v) is 2.92. The highest BCUT2D eigenvalue weighted by atomic mass is 16.5. The van der Waals surface area contributed by atoms with Gasteiger partial charge in [0.15, 0.2) is 6.19 Å². The van der Waals surface area contributed by atoms with Gasteiger partial charge in [0, 0.05) is 11.1 Å². The summed E-state index contributed by atoms with van der Waals surface area (Å²) in [5.41, 5.74) is 13.2. The van der Waals surface area contributed by atoms with Gasteiger partial charge in [-0.15, -0.1) is 6.42 Å². The Morgan fingerprint density at radius 2 is 2.14 bits per heavy atom. The SMILES string of the molecule is C#CCOc1ccc(OC)cc1C1N=C(NC#N)Nc2nc(N)c(C#N)c(N)c21. The number of pyridine rings is 1. The normalized spacial score (nSPS) is 14.1. The fourth-order valence-electron chi connectivity index (χ4n) is 2.92. The Bertz CT molecular complexity index is 1120. The highest BCUT2D eigenvalue weighted by Gasteiger charge is 2.31. The van der Waals surface area contributed by atoms with Gasteiger partial charge in [0.25, 0.3) is 0 Å². The minimum atomic E-state index is -0.773. The van der Waals surface area contributed by atoms with E-state index in [1.807, 2.05) is 6.07 Å². The van der Waals surface area contributed by atoms with Gasteiger partial charge in [0.05, 0.1) is 12.8 Å². The second kappa shape index (κ2) is 7.95. The van der Waals surface area contributed by atoms with E-state index in [0.717, 1.165) is 0 Å². The first-order chi connectivity index (χ1) is 14.0. The number of guanidine groups is 1. The fraction of sp³-hybridized carbons (Fsp3) is 0.158. The Morgan fingerprint density at radius 1 is 1.34 bits per heavy atom. The first-order valence-electron chi connectivity index (χ1n) is 8.27. The number of rotatable bonds is 4. The zero-order chi connectivity index (χ0) is 21.0. The van der Waals surface area contributed by atoms with Crippen LogP contribution in [0.1, 0.15) is 22.7 Å². The number of hydrogen-bond acceptors (Lipinski definition) is 10. The lowest BCUT2D eigenvalue weighted by molar-refractivity contribution is 0.362. The summed E-state index contributed by atoms with van der Waals surface area (Å²) in [4.78, 5) is 8.73. The molecule has 6 N–H and O–H groups in total. The monoisotopic (exact) mass is 388 g/mol. The number of nitrogen functional groups attached to an aromatic ring is 2. The average Bonchev–Trinajstić information content (AvgIpc) is 2.72. The van der Waals surface area contributed by atoms with Crippen molar-refractivity contribution in [2.24, 2.45) is 4.99 Å². The summed E-state index contributed by atoms with van der Waals surface area (Å²) >= 11 is 0. The van der Waals surface area contributed by atoms with E-state index in [1.165, 1.54) is 7.11 Å². The standard InChI is InChI=1S/C19H16N8O2/c1-3-6-29-13-5-4-10(28-2)7-11(13)16-14-15(22)12(8-20)17(23)26-18(14)27-19(25-16)24-9-21/h1,4-5,7,16H,6H2,2H3,(H6,22,23,24,25,26,27). The molecule has 0 fully saturated rings. The molecule has 0 bridgehead atoms. The van der Waals surface area contributed by atoms with Crippen LogP contribution in [0.2, 0.25) is 0 Å². The molecule has 2 heterocycles. The molecule has 10 heteroatoms. The van der Waals surface area contributed by atoms with Crippen molar-refractivity contribution in [1.82, 2.24) is 10.3 Å². The zero-order valence-electron chi connectivity index (χ0n) is 15.4. The highest BCUT2D eigenvalue weighted by molar-refractivity contribution is 5.98. The molecular formula is C19H16N8O2. The number of nitrogens with zero attached hydrogens (tertiary/aromatic N) is 4. The number of fused-ring (bicyclic) bond motifs is 1. The van der Waals surface area contributed by atoms with Crippen LogP contribution in [0.3, 0.4) is 0 Å². The smallest absolute Gasteiger partial charge is 0.211 e. The lowest BCUT2D eigenvalue weighted by Crippen LogP contribution is -2.33. The molecule has 1 aromatic carbocycles. The minimum Gasteiger partial charge on any atom is -0.497 e. The summed E-state index contributed by atoms with van der Waals surface area (Å²) in [7, 11) is 1.52. The Balaban J connectivity index is 2.28. The van der Waals surface area contributed by atoms with E-state index < -0.39 is 6.04 Å². The van der Waals surface area contributed by atoms with E-state index in [-0.39, 0.29) is 35.5 Å². The molecule has 0 spiro atoms. The van der Waals surface area contributed by atoms with Gasteiger partial charge in [0.1, 0.15) is 47.4 Å². The van der Waals surface area contributed by atoms with Gasteiger partial charge < -0.3 is 26.3 Å². The maximum absolute atomic E-state index is 9.42. The van der Waals surface area contributed by atoms with Crippen molar-refractivity contribution in [3.63, 3.8) is 0 Å². The molecular weight excluding hydrogens is 372 g/mol. The third kappa shape index (κ3) is 3.48. The van der Waals surface area contributed by atoms with Gasteiger partial charge in [-0.1, -0.05) is 5.92 Å². The van der Waals surface area contributed by atoms with Crippen LogP contribution in [0.15, 0.2) is 23.2 Å². The molecule has 1 aliphatic rings. The van der Waals surface area contributed by atoms with Crippen LogP contribution in [-0.2, 0) is 0 Å². The molecule has 10 nitrogen and oxygen atoms in total. The third-order valence-corrected chi connectivity index (χ3v) is 4.18. The molecule has 1 aromatic heterocycles. The summed E-state index contributed by atoms with van der Waals surface area (Å²) in [5.74, 6) is 3.75. The minimum absolute atomic E-state index is 0.0308. The van der Waals surface area contributed by atoms with Gasteiger partial charge in [-0.3, -0.25) is 5.32 Å². The van der Waals surface area contributed by atoms with Crippen LogP contribution < -0.4 is 31.6 Å². The molecule has 1 aliphatic heterocycles. The lowest BCUT2D eigenvalue weighted by Gasteiger charge is -2.27. The van der Waals surface area contributed by atoms with Crippen molar-refractivity contribution < 1.29 is 9.47 Å². The van der Waals surface area contributed by atoms with E-state index >= 15 is 0 Å². The van der Waals surface area contributed by atoms with E-state index in [4.69, 9.17) is 32.6 Å². The number of ether oxygens (including phenoxy) is 2. The Hall–Kier alpha value is -4.62. The zero-order valence-corrected chi connectivity index (χ0v) is 15.4. The summed E-state index contributed by atoms with van der Waals surface area (Å²) in [6.07, 6.45) is 7.11. The maximum Gasteiger partial charge on any atom is 0.211 e. The first kappa shape index (κ1) is 19.2. The number of benzene rings is 1. The molecule has 0 radical (unpaired) electrons. The Kier molecular flexibility index (Phi) is 5.25. The van der Waals surface area contributed by atoms with E-state index in [2.05, 4.69) is 26.5 Å². The lowest BCUT2D eigenvalue weighted by atomic mass is 9.94. The molecule has 0 saturated heterocycles. The number of anilines is 3. The van der Waals surface area contributed by atoms with E-state index in [1.54, 1.807) is 24.4 Å². The van der Waals surface area contributed by atoms with Crippen LogP contribution in [-0.4, -0.2) is 24.7 Å². The molecule has 1 atom stereocenters. The van der Waals surface area contributed by atoms with Crippen LogP contribution in [0, 0.1) is 35.1 Å². The van der Waals surface area contributed by atoms with Gasteiger partial charge in [-0.25, -0.2) is 9.98 Å². The maximum atomic E-state index is 9.42. The average molecular weight is 388 g/mol. The second-order valence-corrected chi connectivity index (χ2v) is 5.80. The quantitative estimate of drug-likeness (QED) is 0.340. The largest absolute Gasteiger partial charge is 0.497 e. The molecule has 0 aliphatic carbocycles. The molecule has 0 amide bonds. The second-order valence-electron chi connectivity index (χ2n) is 5.80. The summed E-state index contributed by atoms with van der Waals surface area (Å²) < 4.78 is 11.0. The molecule has 2 aromatic rings. The summed E-state index contributed by atoms with van der Waals surface area (Å²) in [6, 6.07) is 6.29. The van der Waals surface area contributed by atoms with E-state index in [0.29, 0.717) is 22.6 Å². The first-order valence-corrected chi connectivity index (χ1v) is 8.27. The topological polar surface area (TPSA) is 167 Å². The van der Waals surface area contributed by atoms with Gasteiger partial charge in [-0.05, 0) is 18.2 Å². The molecule has 144 valence electrons. The Morgan fingerprint density at radius 3 is 2.79 bits per heavy atom. The number of methoxy groups -OCH3 is 1. The van der Waals surface area contributed by atoms with Crippen molar-refractivity contribution in [3.05, 3.63) is 34.9 Å². The van der Waals surface area contributed by atoms with Crippen LogP contribution >= 0.6 is 0 Å². The highest BCUT2D eigenvalue weighted by Crippen LogP contribution is 2.44. The predicted octanol–water partition coefficient (Wildman–Crippen LogP) is 1.08. The van der Waals surface area contributed by atoms with Crippen LogP contribution in [0.25, 0.3) is 0 Å². The van der Waals surface area contributed by atoms with Crippen molar-refractivity contribution in [3.8, 4) is 36.1 Å². The van der Waals surface area contributed by atoms with Crippen molar-refractivity contribution in [1.29, 1.82) is 10.5 Å². The van der Waals surface area contributed by atoms with Gasteiger partial charge in [0.2, 0.25) is 5.96 Å².